The van der Waals surface area contributed by atoms with Gasteiger partial charge in [-0.1, -0.05) is 18.7 Å². The summed E-state index contributed by atoms with van der Waals surface area (Å²) in [6.07, 6.45) is 1.22. The van der Waals surface area contributed by atoms with Gasteiger partial charge >= 0.3 is 5.97 Å². The normalized spacial score (nSPS) is 10.3. The molecule has 1 rings (SSSR count). The lowest BCUT2D eigenvalue weighted by molar-refractivity contribution is 0.0693. The molecule has 0 amide bonds. The fourth-order valence-electron chi connectivity index (χ4n) is 1.20. The van der Waals surface area contributed by atoms with E-state index in [2.05, 4.69) is 5.10 Å². The summed E-state index contributed by atoms with van der Waals surface area (Å²) in [6, 6.07) is 0. The van der Waals surface area contributed by atoms with Crippen LogP contribution in [0.4, 0.5) is 0 Å². The van der Waals surface area contributed by atoms with E-state index in [9.17, 15) is 9.59 Å². The van der Waals surface area contributed by atoms with E-state index >= 15 is 0 Å². The topological polar surface area (TPSA) is 72.2 Å². The van der Waals surface area contributed by atoms with Crippen molar-refractivity contribution in [2.45, 2.75) is 20.4 Å². The molecule has 0 aliphatic rings. The van der Waals surface area contributed by atoms with Crippen LogP contribution in [-0.4, -0.2) is 31.7 Å². The highest BCUT2D eigenvalue weighted by molar-refractivity contribution is 8.14. The van der Waals surface area contributed by atoms with Crippen LogP contribution in [0.5, 0.6) is 0 Å². The van der Waals surface area contributed by atoms with E-state index in [1.165, 1.54) is 10.9 Å². The van der Waals surface area contributed by atoms with E-state index in [-0.39, 0.29) is 16.4 Å². The Kier molecular flexibility index (Phi) is 3.90. The smallest absolute Gasteiger partial charge is 0.339 e. The van der Waals surface area contributed by atoms with Gasteiger partial charge in [0.05, 0.1) is 6.20 Å². The molecule has 1 aromatic heterocycles. The fraction of sp³-hybridized carbons (Fsp3) is 0.444. The first-order chi connectivity index (χ1) is 7.11. The van der Waals surface area contributed by atoms with Crippen LogP contribution in [0.1, 0.15) is 34.7 Å². The van der Waals surface area contributed by atoms with E-state index in [0.717, 1.165) is 11.8 Å². The van der Waals surface area contributed by atoms with E-state index < -0.39 is 5.97 Å². The third kappa shape index (κ3) is 2.38. The number of hydrogen-bond acceptors (Lipinski definition) is 4. The molecule has 0 spiro atoms. The molecule has 1 aromatic rings. The van der Waals surface area contributed by atoms with Gasteiger partial charge in [0.2, 0.25) is 5.12 Å². The van der Waals surface area contributed by atoms with Gasteiger partial charge in [-0.05, 0) is 12.7 Å². The van der Waals surface area contributed by atoms with Crippen LogP contribution in [0.15, 0.2) is 6.20 Å². The monoisotopic (exact) mass is 228 g/mol. The maximum Gasteiger partial charge on any atom is 0.339 e. The average molecular weight is 228 g/mol. The molecule has 0 atom stereocenters. The summed E-state index contributed by atoms with van der Waals surface area (Å²) >= 11 is 1.09. The van der Waals surface area contributed by atoms with Gasteiger partial charge in [-0.15, -0.1) is 0 Å². The number of rotatable bonds is 4. The first kappa shape index (κ1) is 11.8. The Morgan fingerprint density at radius 3 is 2.67 bits per heavy atom. The van der Waals surface area contributed by atoms with Crippen LogP contribution >= 0.6 is 11.8 Å². The molecule has 82 valence electrons. The Morgan fingerprint density at radius 2 is 2.20 bits per heavy atom. The van der Waals surface area contributed by atoms with Crippen molar-refractivity contribution in [1.29, 1.82) is 0 Å². The highest BCUT2D eigenvalue weighted by Crippen LogP contribution is 2.16. The lowest BCUT2D eigenvalue weighted by Gasteiger charge is -2.03. The van der Waals surface area contributed by atoms with Gasteiger partial charge in [0.25, 0.3) is 0 Å². The van der Waals surface area contributed by atoms with Crippen molar-refractivity contribution in [3.05, 3.63) is 17.5 Å². The minimum absolute atomic E-state index is 0.0252. The maximum absolute atomic E-state index is 11.6. The van der Waals surface area contributed by atoms with Crippen molar-refractivity contribution in [2.24, 2.45) is 0 Å². The van der Waals surface area contributed by atoms with Crippen LogP contribution in [0.25, 0.3) is 0 Å². The molecular weight excluding hydrogens is 216 g/mol. The van der Waals surface area contributed by atoms with Gasteiger partial charge in [0, 0.05) is 6.54 Å². The van der Waals surface area contributed by atoms with Crippen molar-refractivity contribution in [1.82, 2.24) is 9.78 Å². The van der Waals surface area contributed by atoms with Crippen LogP contribution in [0.2, 0.25) is 0 Å². The summed E-state index contributed by atoms with van der Waals surface area (Å²) < 4.78 is 1.41. The number of thioether (sulfide) groups is 1. The van der Waals surface area contributed by atoms with Crippen LogP contribution < -0.4 is 0 Å². The van der Waals surface area contributed by atoms with E-state index in [1.54, 1.807) is 0 Å². The first-order valence-corrected chi connectivity index (χ1v) is 5.56. The first-order valence-electron chi connectivity index (χ1n) is 4.58. The molecular formula is C9H12N2O3S. The van der Waals surface area contributed by atoms with E-state index in [0.29, 0.717) is 12.3 Å². The quantitative estimate of drug-likeness (QED) is 0.845. The number of carbonyl (C=O) groups is 2. The molecule has 1 heterocycles. The van der Waals surface area contributed by atoms with Gasteiger partial charge in [-0.2, -0.15) is 5.10 Å². The second-order valence-corrected chi connectivity index (χ2v) is 3.99. The Hall–Kier alpha value is -1.30. The largest absolute Gasteiger partial charge is 0.478 e. The average Bonchev–Trinajstić information content (AvgIpc) is 2.61. The molecule has 0 fully saturated rings. The second-order valence-electron chi connectivity index (χ2n) is 2.75. The molecule has 0 saturated heterocycles. The summed E-state index contributed by atoms with van der Waals surface area (Å²) in [5.74, 6) is -0.498. The predicted octanol–water partition coefficient (Wildman–Crippen LogP) is 1.49. The zero-order valence-electron chi connectivity index (χ0n) is 8.56. The molecule has 15 heavy (non-hydrogen) atoms. The highest BCUT2D eigenvalue weighted by atomic mass is 32.2. The minimum Gasteiger partial charge on any atom is -0.478 e. The molecule has 0 aromatic carbocycles. The molecule has 5 nitrogen and oxygen atoms in total. The van der Waals surface area contributed by atoms with Gasteiger partial charge in [-0.25, -0.2) is 4.79 Å². The molecule has 0 bridgehead atoms. The second kappa shape index (κ2) is 4.97. The van der Waals surface area contributed by atoms with Gasteiger partial charge < -0.3 is 5.11 Å². The highest BCUT2D eigenvalue weighted by Gasteiger charge is 2.21. The zero-order valence-corrected chi connectivity index (χ0v) is 9.37. The summed E-state index contributed by atoms with van der Waals surface area (Å²) in [5.41, 5.74) is 0.152. The molecule has 6 heteroatoms. The van der Waals surface area contributed by atoms with Gasteiger partial charge in [0.1, 0.15) is 11.3 Å². The van der Waals surface area contributed by atoms with Crippen molar-refractivity contribution < 1.29 is 14.7 Å². The molecule has 0 saturated carbocycles. The van der Waals surface area contributed by atoms with Crippen molar-refractivity contribution in [2.75, 3.05) is 5.75 Å². The molecule has 1 N–H and O–H groups in total. The van der Waals surface area contributed by atoms with Crippen LogP contribution in [0, 0.1) is 0 Å². The number of hydrogen-bond donors (Lipinski definition) is 1. The lowest BCUT2D eigenvalue weighted by atomic mass is 10.2. The summed E-state index contributed by atoms with van der Waals surface area (Å²) in [7, 11) is 0. The van der Waals surface area contributed by atoms with E-state index in [4.69, 9.17) is 5.11 Å². The van der Waals surface area contributed by atoms with Crippen LogP contribution in [-0.2, 0) is 6.54 Å². The predicted molar refractivity (Wildman–Crippen MR) is 57.3 cm³/mol. The van der Waals surface area contributed by atoms with E-state index in [1.807, 2.05) is 13.8 Å². The summed E-state index contributed by atoms with van der Waals surface area (Å²) in [5, 5.41) is 12.5. The number of aryl methyl sites for hydroxylation is 1. The van der Waals surface area contributed by atoms with Gasteiger partial charge in [0.15, 0.2) is 0 Å². The number of aromatic carboxylic acids is 1. The summed E-state index contributed by atoms with van der Waals surface area (Å²) in [6.45, 7) is 4.14. The lowest BCUT2D eigenvalue weighted by Crippen LogP contribution is -2.11. The number of aromatic nitrogens is 2. The molecule has 0 radical (unpaired) electrons. The number of carboxylic acids is 1. The fourth-order valence-corrected chi connectivity index (χ4v) is 1.81. The number of carbonyl (C=O) groups excluding carboxylic acids is 1. The molecule has 0 aliphatic carbocycles. The van der Waals surface area contributed by atoms with Crippen LogP contribution in [0.3, 0.4) is 0 Å². The number of carboxylic acid groups (broad SMARTS) is 1. The third-order valence-electron chi connectivity index (χ3n) is 1.84. The molecule has 0 aliphatic heterocycles. The zero-order chi connectivity index (χ0) is 11.4. The number of nitrogens with zero attached hydrogens (tertiary/aromatic N) is 2. The van der Waals surface area contributed by atoms with Crippen molar-refractivity contribution in [3.8, 4) is 0 Å². The maximum atomic E-state index is 11.6. The summed E-state index contributed by atoms with van der Waals surface area (Å²) in [4.78, 5) is 22.5. The molecule has 0 unspecified atom stereocenters. The Morgan fingerprint density at radius 1 is 1.53 bits per heavy atom. The van der Waals surface area contributed by atoms with Gasteiger partial charge in [-0.3, -0.25) is 9.48 Å². The standard InChI is InChI=1S/C9H12N2O3S/c1-3-11-7(9(14)15-4-2)6(5-10-11)8(12)13/h5H,3-4H2,1-2H3,(H,12,13). The minimum atomic E-state index is -1.12. The van der Waals surface area contributed by atoms with Crippen molar-refractivity contribution >= 4 is 22.8 Å². The van der Waals surface area contributed by atoms with Crippen molar-refractivity contribution in [3.63, 3.8) is 0 Å². The SMILES string of the molecule is CCSC(=O)c1c(C(=O)O)cnn1CC. The Labute approximate surface area is 91.5 Å². The Bertz CT molecular complexity index is 387. The Balaban J connectivity index is 3.15. The third-order valence-corrected chi connectivity index (χ3v) is 2.58.